The number of carbonyl (C=O) groups excluding carboxylic acids is 7. The van der Waals surface area contributed by atoms with Gasteiger partial charge in [0.05, 0.1) is 36.2 Å². The number of benzene rings is 2. The van der Waals surface area contributed by atoms with Crippen LogP contribution in [0.3, 0.4) is 0 Å². The Kier molecular flexibility index (Phi) is 12.6. The predicted octanol–water partition coefficient (Wildman–Crippen LogP) is 5.87. The number of fused-ring (bicyclic) bond motifs is 4. The highest BCUT2D eigenvalue weighted by Gasteiger charge is 2.83. The van der Waals surface area contributed by atoms with Crippen molar-refractivity contribution in [3.8, 4) is 0 Å². The van der Waals surface area contributed by atoms with E-state index in [2.05, 4.69) is 5.32 Å². The molecule has 7 rings (SSSR count). The molecule has 5 aliphatic rings. The molecule has 2 bridgehead atoms. The SMILES string of the molecule is COC(=O)O[C@H]1C(=O)[C@]2(C)[C@@H](OC)C[C@H]3CC[C@@]3(OC(C)=O)[C@H]2[C@H](OC(=O)c2ccccc2)[C@]23OC(=O)O[C@H]2[C@H](OC(=O)[C@H](O)[C@@H](NC(=O)OC(C)(C)C)c2ccccc2)C(C)=C1C3(C)C. The summed E-state index contributed by atoms with van der Waals surface area (Å²) >= 11 is 0. The number of aliphatic hydroxyl groups excluding tert-OH is 1. The quantitative estimate of drug-likeness (QED) is 0.161. The van der Waals surface area contributed by atoms with Crippen LogP contribution in [0.1, 0.15) is 96.6 Å². The highest BCUT2D eigenvalue weighted by atomic mass is 16.8. The lowest BCUT2D eigenvalue weighted by atomic mass is 9.40. The number of hydrogen-bond donors (Lipinski definition) is 2. The summed E-state index contributed by atoms with van der Waals surface area (Å²) in [6.45, 7) is 12.3. The van der Waals surface area contributed by atoms with Crippen molar-refractivity contribution >= 4 is 42.1 Å². The molecule has 3 saturated carbocycles. The van der Waals surface area contributed by atoms with Crippen molar-refractivity contribution in [2.24, 2.45) is 22.7 Å². The summed E-state index contributed by atoms with van der Waals surface area (Å²) in [5.74, 6) is -5.68. The summed E-state index contributed by atoms with van der Waals surface area (Å²) in [4.78, 5) is 99.2. The molecular formula is C48H57NO17. The van der Waals surface area contributed by atoms with E-state index in [0.717, 1.165) is 7.11 Å². The maximum atomic E-state index is 16.0. The van der Waals surface area contributed by atoms with Gasteiger partial charge in [-0.1, -0.05) is 62.4 Å². The van der Waals surface area contributed by atoms with Crippen LogP contribution in [-0.4, -0.2) is 115 Å². The van der Waals surface area contributed by atoms with E-state index in [1.807, 2.05) is 0 Å². The lowest BCUT2D eigenvalue weighted by Gasteiger charge is -2.68. The van der Waals surface area contributed by atoms with Crippen LogP contribution in [0.4, 0.5) is 14.4 Å². The molecule has 0 radical (unpaired) electrons. The minimum atomic E-state index is -2.32. The highest BCUT2D eigenvalue weighted by molar-refractivity contribution is 5.96. The molecule has 1 heterocycles. The molecule has 18 heteroatoms. The van der Waals surface area contributed by atoms with E-state index in [9.17, 15) is 33.9 Å². The van der Waals surface area contributed by atoms with Gasteiger partial charge in [-0.2, -0.15) is 0 Å². The Labute approximate surface area is 381 Å². The zero-order valence-corrected chi connectivity index (χ0v) is 38.6. The topological polar surface area (TPSA) is 235 Å². The van der Waals surface area contributed by atoms with Gasteiger partial charge in [0, 0.05) is 25.4 Å². The molecule has 18 nitrogen and oxygen atoms in total. The van der Waals surface area contributed by atoms with E-state index >= 15 is 4.79 Å². The molecule has 1 amide bonds. The Morgan fingerprint density at radius 3 is 2.11 bits per heavy atom. The first-order valence-corrected chi connectivity index (χ1v) is 21.8. The molecule has 2 aromatic rings. The Morgan fingerprint density at radius 1 is 0.909 bits per heavy atom. The molecule has 2 aromatic carbocycles. The van der Waals surface area contributed by atoms with Gasteiger partial charge in [-0.05, 0) is 82.7 Å². The molecule has 1 aliphatic heterocycles. The monoisotopic (exact) mass is 919 g/mol. The van der Waals surface area contributed by atoms with Crippen LogP contribution >= 0.6 is 0 Å². The van der Waals surface area contributed by atoms with Gasteiger partial charge < -0.3 is 53.1 Å². The number of rotatable bonds is 10. The molecule has 4 aliphatic carbocycles. The average Bonchev–Trinajstić information content (AvgIpc) is 3.62. The van der Waals surface area contributed by atoms with Crippen molar-refractivity contribution in [1.82, 2.24) is 5.32 Å². The van der Waals surface area contributed by atoms with Crippen molar-refractivity contribution in [2.45, 2.75) is 134 Å². The Balaban J connectivity index is 1.48. The zero-order valence-electron chi connectivity index (χ0n) is 38.6. The van der Waals surface area contributed by atoms with Crippen LogP contribution in [-0.2, 0) is 57.0 Å². The van der Waals surface area contributed by atoms with Gasteiger partial charge in [0.25, 0.3) is 0 Å². The molecule has 356 valence electrons. The Morgan fingerprint density at radius 2 is 1.55 bits per heavy atom. The third-order valence-electron chi connectivity index (χ3n) is 14.2. The van der Waals surface area contributed by atoms with Crippen LogP contribution in [0.25, 0.3) is 0 Å². The van der Waals surface area contributed by atoms with Crippen molar-refractivity contribution < 1.29 is 81.3 Å². The second-order valence-corrected chi connectivity index (χ2v) is 19.3. The second-order valence-electron chi connectivity index (χ2n) is 19.3. The minimum absolute atomic E-state index is 0.0364. The first-order valence-electron chi connectivity index (χ1n) is 21.8. The number of hydrogen-bond acceptors (Lipinski definition) is 17. The van der Waals surface area contributed by atoms with E-state index in [1.165, 1.54) is 33.1 Å². The largest absolute Gasteiger partial charge is 0.509 e. The number of nitrogens with one attached hydrogen (secondary N) is 1. The number of amides is 1. The van der Waals surface area contributed by atoms with Gasteiger partial charge in [0.2, 0.25) is 5.60 Å². The first-order chi connectivity index (χ1) is 31.0. The lowest BCUT2D eigenvalue weighted by Crippen LogP contribution is -2.81. The molecule has 66 heavy (non-hydrogen) atoms. The summed E-state index contributed by atoms with van der Waals surface area (Å²) in [5.41, 5.74) is -8.16. The summed E-state index contributed by atoms with van der Waals surface area (Å²) in [6, 6.07) is 14.5. The maximum absolute atomic E-state index is 16.0. The minimum Gasteiger partial charge on any atom is -0.458 e. The van der Waals surface area contributed by atoms with Gasteiger partial charge in [-0.15, -0.1) is 0 Å². The van der Waals surface area contributed by atoms with E-state index in [1.54, 1.807) is 90.1 Å². The van der Waals surface area contributed by atoms with E-state index < -0.39 is 124 Å². The fourth-order valence-corrected chi connectivity index (χ4v) is 11.4. The number of esters is 3. The number of aliphatic hydroxyl groups is 1. The van der Waals surface area contributed by atoms with E-state index in [4.69, 9.17) is 42.6 Å². The van der Waals surface area contributed by atoms with Gasteiger partial charge >= 0.3 is 36.3 Å². The van der Waals surface area contributed by atoms with Gasteiger partial charge in [0.1, 0.15) is 11.2 Å². The van der Waals surface area contributed by atoms with E-state index in [-0.39, 0.29) is 35.1 Å². The third-order valence-corrected chi connectivity index (χ3v) is 14.2. The molecule has 2 N–H and O–H groups in total. The summed E-state index contributed by atoms with van der Waals surface area (Å²) in [7, 11) is 2.44. The fourth-order valence-electron chi connectivity index (χ4n) is 11.4. The normalized spacial score (nSPS) is 32.6. The van der Waals surface area contributed by atoms with Gasteiger partial charge in [-0.3, -0.25) is 9.59 Å². The third kappa shape index (κ3) is 7.74. The van der Waals surface area contributed by atoms with Crippen LogP contribution in [0.2, 0.25) is 0 Å². The molecule has 0 aromatic heterocycles. The Hall–Kier alpha value is -6.01. The van der Waals surface area contributed by atoms with E-state index in [0.29, 0.717) is 6.42 Å². The average molecular weight is 920 g/mol. The second kappa shape index (κ2) is 17.3. The molecule has 0 unspecified atom stereocenters. The number of carbonyl (C=O) groups is 7. The van der Waals surface area contributed by atoms with Gasteiger partial charge in [-0.25, -0.2) is 24.0 Å². The van der Waals surface area contributed by atoms with Crippen molar-refractivity contribution in [2.75, 3.05) is 14.2 Å². The van der Waals surface area contributed by atoms with Crippen LogP contribution in [0, 0.1) is 22.7 Å². The van der Waals surface area contributed by atoms with Crippen LogP contribution < -0.4 is 5.32 Å². The lowest BCUT2D eigenvalue weighted by molar-refractivity contribution is -0.298. The zero-order chi connectivity index (χ0) is 48.3. The number of alkyl carbamates (subject to hydrolysis) is 1. The number of methoxy groups -OCH3 is 2. The van der Waals surface area contributed by atoms with Crippen LogP contribution in [0.15, 0.2) is 71.8 Å². The smallest absolute Gasteiger partial charge is 0.458 e. The Bertz CT molecular complexity index is 2310. The number of Topliss-reactive ketones (excluding diaryl/α,β-unsaturated/α-hetero) is 1. The summed E-state index contributed by atoms with van der Waals surface area (Å²) < 4.78 is 54.2. The molecule has 4 fully saturated rings. The van der Waals surface area contributed by atoms with Gasteiger partial charge in [0.15, 0.2) is 36.3 Å². The highest BCUT2D eigenvalue weighted by Crippen LogP contribution is 2.69. The number of ketones is 1. The first kappa shape index (κ1) is 47.9. The standard InChI is InChI=1S/C48H57NO17/c1-24-30-34(61-42(56)59-10)36(52)46(8)29(58-9)23-28-21-22-47(28,64-25(2)50)35(46)38(62-39(53)27-19-15-12-16-20-27)48(45(30,6)7)37(63-43(57)66-48)33(24)60-40(54)32(51)31(26-17-13-11-14-18-26)49-41(55)65-44(3,4)5/h11-20,28-29,31-35,37-38,51H,21-23H2,1-10H3,(H,49,55)/t28-,29+,31+,32-,33-,34-,35+,37+,38+,46-,47+,48-/m1/s1. The van der Waals surface area contributed by atoms with Crippen LogP contribution in [0.5, 0.6) is 0 Å². The van der Waals surface area contributed by atoms with Crippen molar-refractivity contribution in [3.05, 3.63) is 82.9 Å². The predicted molar refractivity (Wildman–Crippen MR) is 227 cm³/mol. The molecular weight excluding hydrogens is 863 g/mol. The summed E-state index contributed by atoms with van der Waals surface area (Å²) in [5, 5.41) is 14.4. The van der Waals surface area contributed by atoms with Crippen molar-refractivity contribution in [3.63, 3.8) is 0 Å². The molecule has 12 atom stereocenters. The maximum Gasteiger partial charge on any atom is 0.509 e. The number of ether oxygens (including phenoxy) is 9. The van der Waals surface area contributed by atoms with Crippen molar-refractivity contribution in [1.29, 1.82) is 0 Å². The summed E-state index contributed by atoms with van der Waals surface area (Å²) in [6.07, 6.45) is -13.1. The fraction of sp³-hybridized carbons (Fsp3) is 0.562. The molecule has 1 spiro atoms. The molecule has 1 saturated heterocycles.